The van der Waals surface area contributed by atoms with E-state index in [1.54, 1.807) is 12.1 Å². The summed E-state index contributed by atoms with van der Waals surface area (Å²) in [6.07, 6.45) is 0. The van der Waals surface area contributed by atoms with E-state index in [2.05, 4.69) is 43.7 Å². The summed E-state index contributed by atoms with van der Waals surface area (Å²) in [6, 6.07) is 9.27. The molecule has 2 aromatic rings. The van der Waals surface area contributed by atoms with E-state index in [1.807, 2.05) is 11.8 Å². The second-order valence-corrected chi connectivity index (χ2v) is 9.00. The van der Waals surface area contributed by atoms with Crippen LogP contribution >= 0.6 is 31.9 Å². The van der Waals surface area contributed by atoms with Crippen LogP contribution in [-0.2, 0) is 11.3 Å². The monoisotopic (exact) mass is 530 g/mol. The Kier molecular flexibility index (Phi) is 7.29. The van der Waals surface area contributed by atoms with Crippen molar-refractivity contribution < 1.29 is 18.3 Å². The maximum absolute atomic E-state index is 13.4. The van der Waals surface area contributed by atoms with Gasteiger partial charge in [0.25, 0.3) is 5.91 Å². The van der Waals surface area contributed by atoms with Gasteiger partial charge in [-0.25, -0.2) is 8.78 Å². The van der Waals surface area contributed by atoms with Crippen LogP contribution in [0, 0.1) is 11.6 Å². The lowest BCUT2D eigenvalue weighted by atomic mass is 10.1. The number of carbonyl (C=O) groups is 1. The second kappa shape index (κ2) is 9.53. The van der Waals surface area contributed by atoms with Crippen molar-refractivity contribution in [1.29, 1.82) is 0 Å². The molecule has 2 aromatic carbocycles. The third-order valence-corrected chi connectivity index (χ3v) is 6.22. The van der Waals surface area contributed by atoms with Crippen molar-refractivity contribution in [3.05, 3.63) is 62.5 Å². The molecular formula is C21H22Br2F2N2O2. The Morgan fingerprint density at radius 1 is 1.03 bits per heavy atom. The standard InChI is InChI=1S/C21H22Br2F2N2O2/c1-13-10-27(14(2)9-26(13)11-15-3-5-16(24)6-4-15)20(28)12-29-21-18(22)7-17(25)8-19(21)23/h3-8,13-14H,9-12H2,1-2H3/t13-,14+/m1/s1. The zero-order valence-electron chi connectivity index (χ0n) is 16.2. The van der Waals surface area contributed by atoms with Gasteiger partial charge in [-0.15, -0.1) is 0 Å². The van der Waals surface area contributed by atoms with Crippen molar-refractivity contribution >= 4 is 37.8 Å². The summed E-state index contributed by atoms with van der Waals surface area (Å²) in [6.45, 7) is 5.96. The zero-order valence-corrected chi connectivity index (χ0v) is 19.3. The SMILES string of the molecule is C[C@@H]1CN(C(=O)COc2c(Br)cc(F)cc2Br)[C@@H](C)CN1Cc1ccc(F)cc1. The Labute approximate surface area is 186 Å². The van der Waals surface area contributed by atoms with Crippen LogP contribution in [0.1, 0.15) is 19.4 Å². The minimum absolute atomic E-state index is 0.0165. The summed E-state index contributed by atoms with van der Waals surface area (Å²) in [5.41, 5.74) is 1.04. The van der Waals surface area contributed by atoms with E-state index in [9.17, 15) is 13.6 Å². The highest BCUT2D eigenvalue weighted by Gasteiger charge is 2.32. The largest absolute Gasteiger partial charge is 0.481 e. The summed E-state index contributed by atoms with van der Waals surface area (Å²) in [5, 5.41) is 0. The van der Waals surface area contributed by atoms with Crippen molar-refractivity contribution in [2.24, 2.45) is 0 Å². The normalized spacial score (nSPS) is 20.0. The maximum atomic E-state index is 13.4. The lowest BCUT2D eigenvalue weighted by molar-refractivity contribution is -0.139. The molecule has 29 heavy (non-hydrogen) atoms. The molecule has 1 heterocycles. The molecule has 0 saturated carbocycles. The number of rotatable bonds is 5. The summed E-state index contributed by atoms with van der Waals surface area (Å²) in [7, 11) is 0. The average Bonchev–Trinajstić information content (AvgIpc) is 2.65. The minimum atomic E-state index is -0.401. The highest BCUT2D eigenvalue weighted by molar-refractivity contribution is 9.11. The molecule has 0 aromatic heterocycles. The summed E-state index contributed by atoms with van der Waals surface area (Å²) in [4.78, 5) is 16.9. The number of hydrogen-bond acceptors (Lipinski definition) is 3. The number of halogens is 4. The van der Waals surface area contributed by atoms with Gasteiger partial charge in [0.05, 0.1) is 8.95 Å². The van der Waals surface area contributed by atoms with Gasteiger partial charge >= 0.3 is 0 Å². The number of piperazine rings is 1. The van der Waals surface area contributed by atoms with Crippen LogP contribution in [0.25, 0.3) is 0 Å². The average molecular weight is 532 g/mol. The quantitative estimate of drug-likeness (QED) is 0.545. The molecule has 1 aliphatic heterocycles. The number of ether oxygens (including phenoxy) is 1. The predicted octanol–water partition coefficient (Wildman–Crippen LogP) is 4.99. The van der Waals surface area contributed by atoms with E-state index in [1.165, 1.54) is 24.3 Å². The Hall–Kier alpha value is -1.51. The van der Waals surface area contributed by atoms with Crippen LogP contribution < -0.4 is 4.74 Å². The molecule has 0 spiro atoms. The van der Waals surface area contributed by atoms with Gasteiger partial charge in [-0.3, -0.25) is 9.69 Å². The van der Waals surface area contributed by atoms with Crippen molar-refractivity contribution in [2.45, 2.75) is 32.5 Å². The van der Waals surface area contributed by atoms with E-state index < -0.39 is 5.82 Å². The molecule has 1 amide bonds. The molecule has 1 saturated heterocycles. The van der Waals surface area contributed by atoms with Gasteiger partial charge in [0.1, 0.15) is 17.4 Å². The van der Waals surface area contributed by atoms with Gasteiger partial charge in [-0.05, 0) is 75.5 Å². The van der Waals surface area contributed by atoms with E-state index in [4.69, 9.17) is 4.74 Å². The molecule has 4 nitrogen and oxygen atoms in total. The molecule has 0 unspecified atom stereocenters. The Balaban J connectivity index is 1.59. The summed E-state index contributed by atoms with van der Waals surface area (Å²) >= 11 is 6.52. The lowest BCUT2D eigenvalue weighted by Crippen LogP contribution is -2.58. The predicted molar refractivity (Wildman–Crippen MR) is 115 cm³/mol. The first-order valence-electron chi connectivity index (χ1n) is 9.30. The maximum Gasteiger partial charge on any atom is 0.260 e. The van der Waals surface area contributed by atoms with E-state index in [0.717, 1.165) is 5.56 Å². The third kappa shape index (κ3) is 5.55. The number of hydrogen-bond donors (Lipinski definition) is 0. The van der Waals surface area contributed by atoms with Gasteiger partial charge in [-0.1, -0.05) is 12.1 Å². The fraction of sp³-hybridized carbons (Fsp3) is 0.381. The molecule has 156 valence electrons. The Morgan fingerprint density at radius 2 is 1.66 bits per heavy atom. The van der Waals surface area contributed by atoms with Crippen LogP contribution in [0.15, 0.2) is 45.3 Å². The van der Waals surface area contributed by atoms with Crippen molar-refractivity contribution in [2.75, 3.05) is 19.7 Å². The Morgan fingerprint density at radius 3 is 2.28 bits per heavy atom. The summed E-state index contributed by atoms with van der Waals surface area (Å²) in [5.74, 6) is -0.364. The molecule has 1 aliphatic rings. The van der Waals surface area contributed by atoms with Crippen LogP contribution in [0.3, 0.4) is 0 Å². The molecule has 8 heteroatoms. The van der Waals surface area contributed by atoms with E-state index in [-0.39, 0.29) is 30.4 Å². The molecule has 2 atom stereocenters. The first-order chi connectivity index (χ1) is 13.7. The van der Waals surface area contributed by atoms with E-state index >= 15 is 0 Å². The van der Waals surface area contributed by atoms with Gasteiger partial charge in [-0.2, -0.15) is 0 Å². The van der Waals surface area contributed by atoms with Crippen molar-refractivity contribution in [1.82, 2.24) is 9.80 Å². The smallest absolute Gasteiger partial charge is 0.260 e. The lowest BCUT2D eigenvalue weighted by Gasteiger charge is -2.44. The molecule has 0 radical (unpaired) electrons. The third-order valence-electron chi connectivity index (χ3n) is 5.04. The van der Waals surface area contributed by atoms with Gasteiger partial charge < -0.3 is 9.64 Å². The van der Waals surface area contributed by atoms with Crippen molar-refractivity contribution in [3.8, 4) is 5.75 Å². The minimum Gasteiger partial charge on any atom is -0.481 e. The molecule has 0 aliphatic carbocycles. The van der Waals surface area contributed by atoms with Crippen LogP contribution in [0.2, 0.25) is 0 Å². The summed E-state index contributed by atoms with van der Waals surface area (Å²) < 4.78 is 33.1. The second-order valence-electron chi connectivity index (χ2n) is 7.29. The van der Waals surface area contributed by atoms with Crippen LogP contribution in [0.4, 0.5) is 8.78 Å². The molecule has 3 rings (SSSR count). The topological polar surface area (TPSA) is 32.8 Å². The highest BCUT2D eigenvalue weighted by atomic mass is 79.9. The number of carbonyl (C=O) groups excluding carboxylic acids is 1. The molecule has 0 bridgehead atoms. The first-order valence-corrected chi connectivity index (χ1v) is 10.9. The zero-order chi connectivity index (χ0) is 21.1. The Bertz CT molecular complexity index is 856. The molecule has 1 fully saturated rings. The molecular weight excluding hydrogens is 510 g/mol. The fourth-order valence-corrected chi connectivity index (χ4v) is 4.83. The van der Waals surface area contributed by atoms with Gasteiger partial charge in [0.15, 0.2) is 6.61 Å². The van der Waals surface area contributed by atoms with Crippen LogP contribution in [0.5, 0.6) is 5.75 Å². The van der Waals surface area contributed by atoms with E-state index in [0.29, 0.717) is 34.3 Å². The number of benzene rings is 2. The van der Waals surface area contributed by atoms with Gasteiger partial charge in [0.2, 0.25) is 0 Å². The number of nitrogens with zero attached hydrogens (tertiary/aromatic N) is 2. The van der Waals surface area contributed by atoms with Crippen LogP contribution in [-0.4, -0.2) is 47.5 Å². The molecule has 0 N–H and O–H groups in total. The van der Waals surface area contributed by atoms with Gasteiger partial charge in [0, 0.05) is 31.7 Å². The highest BCUT2D eigenvalue weighted by Crippen LogP contribution is 2.34. The number of amides is 1. The fourth-order valence-electron chi connectivity index (χ4n) is 3.47. The first kappa shape index (κ1) is 22.2. The van der Waals surface area contributed by atoms with Crippen molar-refractivity contribution in [3.63, 3.8) is 0 Å².